The van der Waals surface area contributed by atoms with Gasteiger partial charge in [-0.05, 0) is 31.5 Å². The van der Waals surface area contributed by atoms with Gasteiger partial charge in [-0.25, -0.2) is 0 Å². The maximum atomic E-state index is 11.1. The second kappa shape index (κ2) is 6.91. The van der Waals surface area contributed by atoms with Crippen LogP contribution in [0.5, 0.6) is 5.75 Å². The van der Waals surface area contributed by atoms with Crippen LogP contribution in [-0.2, 0) is 14.3 Å². The Morgan fingerprint density at radius 2 is 2.00 bits per heavy atom. The minimum atomic E-state index is -0.245. The van der Waals surface area contributed by atoms with E-state index in [-0.39, 0.29) is 24.2 Å². The van der Waals surface area contributed by atoms with Crippen LogP contribution in [-0.4, -0.2) is 24.3 Å². The van der Waals surface area contributed by atoms with Crippen molar-refractivity contribution in [1.82, 2.24) is 0 Å². The molecule has 1 aromatic rings. The molecule has 1 unspecified atom stereocenters. The van der Waals surface area contributed by atoms with Gasteiger partial charge in [0.1, 0.15) is 5.75 Å². The Hall–Kier alpha value is -1.55. The molecule has 1 N–H and O–H groups in total. The third-order valence-corrected chi connectivity index (χ3v) is 2.34. The number of phenols is 1. The molecule has 4 nitrogen and oxygen atoms in total. The summed E-state index contributed by atoms with van der Waals surface area (Å²) in [4.78, 5) is 11.1. The second-order valence-corrected chi connectivity index (χ2v) is 3.66. The zero-order valence-corrected chi connectivity index (χ0v) is 10.2. The molecule has 0 aliphatic heterocycles. The predicted octanol–water partition coefficient (Wildman–Crippen LogP) is 2.42. The Morgan fingerprint density at radius 3 is 2.59 bits per heavy atom. The van der Waals surface area contributed by atoms with E-state index < -0.39 is 0 Å². The number of hydrogen-bond donors (Lipinski definition) is 1. The van der Waals surface area contributed by atoms with Crippen molar-refractivity contribution in [2.45, 2.75) is 26.4 Å². The van der Waals surface area contributed by atoms with Crippen molar-refractivity contribution in [1.29, 1.82) is 0 Å². The average Bonchev–Trinajstić information content (AvgIpc) is 2.30. The van der Waals surface area contributed by atoms with Crippen molar-refractivity contribution >= 4 is 5.97 Å². The van der Waals surface area contributed by atoms with E-state index in [1.807, 2.05) is 6.92 Å². The molecule has 0 spiro atoms. The highest BCUT2D eigenvalue weighted by Gasteiger charge is 2.07. The molecule has 17 heavy (non-hydrogen) atoms. The molecule has 1 atom stereocenters. The van der Waals surface area contributed by atoms with Gasteiger partial charge in [0.15, 0.2) is 0 Å². The number of carbonyl (C=O) groups excluding carboxylic acids is 1. The van der Waals surface area contributed by atoms with Crippen molar-refractivity contribution in [3.05, 3.63) is 29.8 Å². The number of carbonyl (C=O) groups is 1. The topological polar surface area (TPSA) is 55.8 Å². The molecule has 94 valence electrons. The van der Waals surface area contributed by atoms with Crippen LogP contribution in [0.4, 0.5) is 0 Å². The van der Waals surface area contributed by atoms with Gasteiger partial charge in [0, 0.05) is 0 Å². The van der Waals surface area contributed by atoms with Crippen molar-refractivity contribution < 1.29 is 19.4 Å². The molecule has 0 amide bonds. The van der Waals surface area contributed by atoms with Gasteiger partial charge in [0.2, 0.25) is 0 Å². The SMILES string of the molecule is CCOC(=O)CCOC(C)c1ccc(O)cc1. The molecule has 1 rings (SSSR count). The van der Waals surface area contributed by atoms with Gasteiger partial charge in [-0.3, -0.25) is 4.79 Å². The fourth-order valence-electron chi connectivity index (χ4n) is 1.39. The molecule has 0 aliphatic rings. The van der Waals surface area contributed by atoms with E-state index in [4.69, 9.17) is 14.6 Å². The number of aromatic hydroxyl groups is 1. The summed E-state index contributed by atoms with van der Waals surface area (Å²) in [6.07, 6.45) is 0.154. The maximum Gasteiger partial charge on any atom is 0.308 e. The van der Waals surface area contributed by atoms with Gasteiger partial charge >= 0.3 is 5.97 Å². The summed E-state index contributed by atoms with van der Waals surface area (Å²) in [6.45, 7) is 4.41. The molecular formula is C13H18O4. The van der Waals surface area contributed by atoms with Crippen molar-refractivity contribution in [3.8, 4) is 5.75 Å². The largest absolute Gasteiger partial charge is 0.508 e. The zero-order chi connectivity index (χ0) is 12.7. The van der Waals surface area contributed by atoms with Gasteiger partial charge in [0.25, 0.3) is 0 Å². The highest BCUT2D eigenvalue weighted by Crippen LogP contribution is 2.19. The Kier molecular flexibility index (Phi) is 5.49. The van der Waals surface area contributed by atoms with Gasteiger partial charge in [-0.2, -0.15) is 0 Å². The quantitative estimate of drug-likeness (QED) is 0.773. The van der Waals surface area contributed by atoms with Crippen LogP contribution in [0.2, 0.25) is 0 Å². The number of ether oxygens (including phenoxy) is 2. The fourth-order valence-corrected chi connectivity index (χ4v) is 1.39. The Bertz CT molecular complexity index is 345. The van der Waals surface area contributed by atoms with E-state index in [9.17, 15) is 4.79 Å². The van der Waals surface area contributed by atoms with E-state index >= 15 is 0 Å². The highest BCUT2D eigenvalue weighted by molar-refractivity contribution is 5.69. The summed E-state index contributed by atoms with van der Waals surface area (Å²) in [5.74, 6) is -0.0159. The number of benzene rings is 1. The zero-order valence-electron chi connectivity index (χ0n) is 10.2. The predicted molar refractivity (Wildman–Crippen MR) is 63.7 cm³/mol. The van der Waals surface area contributed by atoms with Crippen molar-refractivity contribution in [2.24, 2.45) is 0 Å². The first-order valence-electron chi connectivity index (χ1n) is 5.69. The van der Waals surface area contributed by atoms with Gasteiger partial charge < -0.3 is 14.6 Å². The van der Waals surface area contributed by atoms with Crippen molar-refractivity contribution in [2.75, 3.05) is 13.2 Å². The van der Waals surface area contributed by atoms with Gasteiger partial charge in [-0.1, -0.05) is 12.1 Å². The summed E-state index contributed by atoms with van der Waals surface area (Å²) in [7, 11) is 0. The average molecular weight is 238 g/mol. The van der Waals surface area contributed by atoms with Crippen LogP contribution >= 0.6 is 0 Å². The summed E-state index contributed by atoms with van der Waals surface area (Å²) >= 11 is 0. The number of hydrogen-bond acceptors (Lipinski definition) is 4. The second-order valence-electron chi connectivity index (χ2n) is 3.66. The number of esters is 1. The molecule has 0 fully saturated rings. The number of phenolic OH excluding ortho intramolecular Hbond substituents is 1. The molecule has 1 aromatic carbocycles. The van der Waals surface area contributed by atoms with Crippen LogP contribution in [0, 0.1) is 0 Å². The monoisotopic (exact) mass is 238 g/mol. The molecule has 0 heterocycles. The Balaban J connectivity index is 2.32. The molecule has 0 saturated heterocycles. The maximum absolute atomic E-state index is 11.1. The highest BCUT2D eigenvalue weighted by atomic mass is 16.5. The lowest BCUT2D eigenvalue weighted by Crippen LogP contribution is -2.09. The third kappa shape index (κ3) is 4.87. The third-order valence-electron chi connectivity index (χ3n) is 2.34. The van der Waals surface area contributed by atoms with Gasteiger partial charge in [0.05, 0.1) is 25.7 Å². The molecule has 0 saturated carbocycles. The lowest BCUT2D eigenvalue weighted by atomic mass is 10.1. The van der Waals surface area contributed by atoms with Crippen LogP contribution in [0.3, 0.4) is 0 Å². The first-order chi connectivity index (χ1) is 8.13. The Labute approximate surface area is 101 Å². The lowest BCUT2D eigenvalue weighted by molar-refractivity contribution is -0.144. The minimum Gasteiger partial charge on any atom is -0.508 e. The molecule has 0 bridgehead atoms. The summed E-state index contributed by atoms with van der Waals surface area (Å²) in [5.41, 5.74) is 0.964. The fraction of sp³-hybridized carbons (Fsp3) is 0.462. The van der Waals surface area contributed by atoms with E-state index in [2.05, 4.69) is 0 Å². The normalized spacial score (nSPS) is 12.1. The summed E-state index contributed by atoms with van der Waals surface area (Å²) in [5, 5.41) is 9.14. The van der Waals surface area contributed by atoms with E-state index in [1.165, 1.54) is 0 Å². The molecular weight excluding hydrogens is 220 g/mol. The van der Waals surface area contributed by atoms with Crippen LogP contribution in [0.25, 0.3) is 0 Å². The summed E-state index contributed by atoms with van der Waals surface area (Å²) < 4.78 is 10.3. The molecule has 0 aliphatic carbocycles. The standard InChI is InChI=1S/C13H18O4/c1-3-16-13(15)8-9-17-10(2)11-4-6-12(14)7-5-11/h4-7,10,14H,3,8-9H2,1-2H3. The lowest BCUT2D eigenvalue weighted by Gasteiger charge is -2.13. The first kappa shape index (κ1) is 13.5. The molecule has 0 aromatic heterocycles. The van der Waals surface area contributed by atoms with Crippen molar-refractivity contribution in [3.63, 3.8) is 0 Å². The minimum absolute atomic E-state index is 0.106. The van der Waals surface area contributed by atoms with Crippen LogP contribution in [0.1, 0.15) is 31.9 Å². The van der Waals surface area contributed by atoms with Crippen LogP contribution in [0.15, 0.2) is 24.3 Å². The van der Waals surface area contributed by atoms with E-state index in [0.717, 1.165) is 5.56 Å². The molecule has 0 radical (unpaired) electrons. The smallest absolute Gasteiger partial charge is 0.308 e. The van der Waals surface area contributed by atoms with Gasteiger partial charge in [-0.15, -0.1) is 0 Å². The van der Waals surface area contributed by atoms with E-state index in [1.54, 1.807) is 31.2 Å². The van der Waals surface area contributed by atoms with Crippen LogP contribution < -0.4 is 0 Å². The summed E-state index contributed by atoms with van der Waals surface area (Å²) in [6, 6.07) is 6.82. The first-order valence-corrected chi connectivity index (χ1v) is 5.69. The Morgan fingerprint density at radius 1 is 1.35 bits per heavy atom. The van der Waals surface area contributed by atoms with E-state index in [0.29, 0.717) is 13.2 Å². The molecule has 4 heteroatoms. The number of rotatable bonds is 6.